The van der Waals surface area contributed by atoms with E-state index < -0.39 is 18.0 Å². The molecule has 0 aromatic carbocycles. The van der Waals surface area contributed by atoms with E-state index in [1.165, 1.54) is 0 Å². The zero-order chi connectivity index (χ0) is 21.8. The van der Waals surface area contributed by atoms with Gasteiger partial charge in [-0.3, -0.25) is 4.79 Å². The van der Waals surface area contributed by atoms with Crippen molar-refractivity contribution in [2.24, 2.45) is 17.8 Å². The maximum absolute atomic E-state index is 13.7. The van der Waals surface area contributed by atoms with Crippen LogP contribution in [0.15, 0.2) is 6.58 Å². The lowest BCUT2D eigenvalue weighted by Crippen LogP contribution is -2.59. The second kappa shape index (κ2) is 7.40. The molecule has 0 spiro atoms. The number of β-amino-alcohol motifs (C(OH)–C–C–N with tert-alkyl or cyclic N) is 1. The molecule has 2 unspecified atom stereocenters. The van der Waals surface area contributed by atoms with Crippen LogP contribution in [0.4, 0.5) is 24.9 Å². The predicted octanol–water partition coefficient (Wildman–Crippen LogP) is 2.34. The molecule has 4 atom stereocenters. The Morgan fingerprint density at radius 2 is 1.97 bits per heavy atom. The van der Waals surface area contributed by atoms with Gasteiger partial charge in [0.1, 0.15) is 5.82 Å². The molecule has 1 aromatic heterocycles. The minimum absolute atomic E-state index is 0.0376. The number of rotatable bonds is 6. The molecule has 1 aromatic rings. The Morgan fingerprint density at radius 3 is 2.47 bits per heavy atom. The number of hydrogen-bond donors (Lipinski definition) is 1. The Kier molecular flexibility index (Phi) is 5.16. The van der Waals surface area contributed by atoms with Gasteiger partial charge in [0.25, 0.3) is 0 Å². The quantitative estimate of drug-likeness (QED) is 0.700. The number of aromatic nitrogens is 2. The fourth-order valence-corrected chi connectivity index (χ4v) is 4.61. The molecule has 30 heavy (non-hydrogen) atoms. The Hall–Kier alpha value is -2.36. The summed E-state index contributed by atoms with van der Waals surface area (Å²) in [4.78, 5) is 23.3. The van der Waals surface area contributed by atoms with Crippen LogP contribution in [0.25, 0.3) is 6.08 Å². The average molecular weight is 426 g/mol. The Labute approximate surface area is 172 Å². The summed E-state index contributed by atoms with van der Waals surface area (Å²) < 4.78 is 46.2. The standard InChI is InChI=1S/C20H25F3N4O3/c1-4-11-17(20(21,22)23)24-19(27-9-15(28)10(27)3)25-18(11)26-7-13-12(14(13)8-26)6-16(29)30-5-2/h4,10,12-15,28H,1,5-9H2,2-3H3/t10-,12?,13?,14?,15+/m0/s1. The molecule has 0 amide bonds. The third kappa shape index (κ3) is 3.51. The van der Waals surface area contributed by atoms with Gasteiger partial charge in [0, 0.05) is 31.6 Å². The molecule has 1 aliphatic carbocycles. The number of alkyl halides is 3. The van der Waals surface area contributed by atoms with Crippen molar-refractivity contribution in [1.82, 2.24) is 9.97 Å². The number of ether oxygens (including phenoxy) is 1. The predicted molar refractivity (Wildman–Crippen MR) is 104 cm³/mol. The summed E-state index contributed by atoms with van der Waals surface area (Å²) in [6.45, 7) is 8.62. The van der Waals surface area contributed by atoms with Gasteiger partial charge in [-0.2, -0.15) is 18.2 Å². The zero-order valence-electron chi connectivity index (χ0n) is 16.9. The van der Waals surface area contributed by atoms with Gasteiger partial charge in [0.2, 0.25) is 5.95 Å². The van der Waals surface area contributed by atoms with Crippen molar-refractivity contribution in [3.63, 3.8) is 0 Å². The van der Waals surface area contributed by atoms with E-state index in [2.05, 4.69) is 16.5 Å². The Bertz CT molecular complexity index is 850. The summed E-state index contributed by atoms with van der Waals surface area (Å²) in [7, 11) is 0. The minimum Gasteiger partial charge on any atom is -0.466 e. The first-order valence-electron chi connectivity index (χ1n) is 10.1. The molecule has 7 nitrogen and oxygen atoms in total. The van der Waals surface area contributed by atoms with E-state index in [0.717, 1.165) is 6.08 Å². The van der Waals surface area contributed by atoms with Crippen LogP contribution in [-0.4, -0.2) is 59.4 Å². The van der Waals surface area contributed by atoms with Crippen LogP contribution >= 0.6 is 0 Å². The van der Waals surface area contributed by atoms with E-state index in [0.29, 0.717) is 26.1 Å². The van der Waals surface area contributed by atoms with Crippen LogP contribution in [0.5, 0.6) is 0 Å². The number of piperidine rings is 1. The number of fused-ring (bicyclic) bond motifs is 1. The molecule has 1 saturated carbocycles. The molecule has 2 saturated heterocycles. The van der Waals surface area contributed by atoms with Crippen LogP contribution in [0.1, 0.15) is 31.5 Å². The molecule has 3 fully saturated rings. The molecule has 164 valence electrons. The van der Waals surface area contributed by atoms with Crippen molar-refractivity contribution in [3.05, 3.63) is 17.8 Å². The van der Waals surface area contributed by atoms with Crippen molar-refractivity contribution >= 4 is 23.8 Å². The smallest absolute Gasteiger partial charge is 0.434 e. The molecule has 0 radical (unpaired) electrons. The lowest BCUT2D eigenvalue weighted by molar-refractivity contribution is -0.144. The molecule has 0 bridgehead atoms. The van der Waals surface area contributed by atoms with E-state index >= 15 is 0 Å². The lowest BCUT2D eigenvalue weighted by Gasteiger charge is -2.43. The summed E-state index contributed by atoms with van der Waals surface area (Å²) in [5, 5.41) is 9.75. The topological polar surface area (TPSA) is 78.8 Å². The summed E-state index contributed by atoms with van der Waals surface area (Å²) >= 11 is 0. The van der Waals surface area contributed by atoms with Gasteiger partial charge in [-0.1, -0.05) is 12.7 Å². The highest BCUT2D eigenvalue weighted by atomic mass is 19.4. The first kappa shape index (κ1) is 20.9. The van der Waals surface area contributed by atoms with E-state index in [9.17, 15) is 23.1 Å². The number of aliphatic hydroxyl groups excluding tert-OH is 1. The molecule has 3 aliphatic rings. The van der Waals surface area contributed by atoms with Gasteiger partial charge < -0.3 is 19.6 Å². The SMILES string of the molecule is C=Cc1c(N2CC3C(CC(=O)OCC)C3C2)nc(N2C[C@@H](O)[C@@H]2C)nc1C(F)(F)F. The number of halogens is 3. The second-order valence-electron chi connectivity index (χ2n) is 8.18. The molecule has 1 N–H and O–H groups in total. The number of hydrogen-bond acceptors (Lipinski definition) is 7. The van der Waals surface area contributed by atoms with Gasteiger partial charge in [-0.25, -0.2) is 4.98 Å². The number of aliphatic hydroxyl groups is 1. The molecular formula is C20H25F3N4O3. The second-order valence-corrected chi connectivity index (χ2v) is 8.18. The third-order valence-corrected chi connectivity index (χ3v) is 6.45. The lowest BCUT2D eigenvalue weighted by atomic mass is 10.0. The number of anilines is 2. The van der Waals surface area contributed by atoms with E-state index in [1.807, 2.05) is 4.90 Å². The molecular weight excluding hydrogens is 401 g/mol. The third-order valence-electron chi connectivity index (χ3n) is 6.45. The maximum Gasteiger partial charge on any atom is 0.434 e. The molecule has 2 aliphatic heterocycles. The Morgan fingerprint density at radius 1 is 1.30 bits per heavy atom. The van der Waals surface area contributed by atoms with Crippen LogP contribution in [0.3, 0.4) is 0 Å². The summed E-state index contributed by atoms with van der Waals surface area (Å²) in [6.07, 6.45) is -3.78. The van der Waals surface area contributed by atoms with Crippen LogP contribution in [0.2, 0.25) is 0 Å². The van der Waals surface area contributed by atoms with Crippen molar-refractivity contribution in [3.8, 4) is 0 Å². The largest absolute Gasteiger partial charge is 0.466 e. The average Bonchev–Trinajstić information content (AvgIpc) is 3.12. The van der Waals surface area contributed by atoms with E-state index in [-0.39, 0.29) is 53.6 Å². The first-order valence-corrected chi connectivity index (χ1v) is 10.1. The molecule has 3 heterocycles. The molecule has 4 rings (SSSR count). The van der Waals surface area contributed by atoms with Crippen molar-refractivity contribution < 1.29 is 27.8 Å². The van der Waals surface area contributed by atoms with Crippen molar-refractivity contribution in [2.75, 3.05) is 36.0 Å². The normalized spacial score (nSPS) is 30.0. The molecule has 10 heteroatoms. The van der Waals surface area contributed by atoms with E-state index in [1.54, 1.807) is 18.7 Å². The summed E-state index contributed by atoms with van der Waals surface area (Å²) in [5.74, 6) is 0.627. The zero-order valence-corrected chi connectivity index (χ0v) is 16.9. The fraction of sp³-hybridized carbons (Fsp3) is 0.650. The Balaban J connectivity index is 1.59. The fourth-order valence-electron chi connectivity index (χ4n) is 4.61. The summed E-state index contributed by atoms with van der Waals surface area (Å²) in [6, 6.07) is -0.352. The maximum atomic E-state index is 13.7. The van der Waals surface area contributed by atoms with Crippen molar-refractivity contribution in [2.45, 2.75) is 38.6 Å². The van der Waals surface area contributed by atoms with Crippen LogP contribution < -0.4 is 9.80 Å². The van der Waals surface area contributed by atoms with Gasteiger partial charge in [-0.05, 0) is 31.6 Å². The van der Waals surface area contributed by atoms with Crippen molar-refractivity contribution in [1.29, 1.82) is 0 Å². The van der Waals surface area contributed by atoms with Gasteiger partial charge in [-0.15, -0.1) is 0 Å². The van der Waals surface area contributed by atoms with Gasteiger partial charge in [0.05, 0.1) is 18.8 Å². The monoisotopic (exact) mass is 426 g/mol. The first-order chi connectivity index (χ1) is 14.2. The van der Waals surface area contributed by atoms with Gasteiger partial charge >= 0.3 is 12.1 Å². The number of carbonyl (C=O) groups excluding carboxylic acids is 1. The number of nitrogens with zero attached hydrogens (tertiary/aromatic N) is 4. The highest BCUT2D eigenvalue weighted by molar-refractivity contribution is 5.71. The summed E-state index contributed by atoms with van der Waals surface area (Å²) in [5.41, 5.74) is -1.15. The van der Waals surface area contributed by atoms with Gasteiger partial charge in [0.15, 0.2) is 5.69 Å². The van der Waals surface area contributed by atoms with E-state index in [4.69, 9.17) is 4.74 Å². The highest BCUT2D eigenvalue weighted by Crippen LogP contribution is 2.55. The minimum atomic E-state index is -4.65. The highest BCUT2D eigenvalue weighted by Gasteiger charge is 2.57. The van der Waals surface area contributed by atoms with Crippen LogP contribution in [0, 0.1) is 17.8 Å². The van der Waals surface area contributed by atoms with Crippen LogP contribution in [-0.2, 0) is 15.7 Å². The number of carbonyl (C=O) groups is 1. The number of esters is 1.